The summed E-state index contributed by atoms with van der Waals surface area (Å²) in [7, 11) is -4.66. The number of carbonyl (C=O) groups is 2. The van der Waals surface area contributed by atoms with Gasteiger partial charge in [0.25, 0.3) is 0 Å². The molecule has 0 aliphatic carbocycles. The fourth-order valence-corrected chi connectivity index (χ4v) is 5.77. The standard InChI is InChI=1S/C50H77O10P/c1-3-5-7-9-11-13-15-17-19-21-23-25-27-29-31-33-35-37-39-41-49(53)57-45-48(46-59-61(55,56)58-44-47(52)43-51)60-50(54)42-40-38-36-34-32-30-28-26-24-22-20-18-16-14-12-10-8-6-4-2/h5-8,11-14,17-20,23-26,29-32,36,38,47-48,51-52H,3-4,9-10,15-16,21-22,27-28,33-35,37,39-46H2,1-2H3,(H,55,56). The van der Waals surface area contributed by atoms with Gasteiger partial charge in [-0.3, -0.25) is 18.6 Å². The van der Waals surface area contributed by atoms with Crippen molar-refractivity contribution in [1.82, 2.24) is 0 Å². The second-order valence-corrected chi connectivity index (χ2v) is 15.4. The van der Waals surface area contributed by atoms with Gasteiger partial charge in [-0.2, -0.15) is 0 Å². The second kappa shape index (κ2) is 44.2. The Kier molecular flexibility index (Phi) is 41.4. The van der Waals surface area contributed by atoms with Crippen molar-refractivity contribution in [2.45, 2.75) is 142 Å². The zero-order valence-electron chi connectivity index (χ0n) is 37.1. The molecule has 0 radical (unpaired) electrons. The monoisotopic (exact) mass is 869 g/mol. The molecule has 342 valence electrons. The smallest absolute Gasteiger partial charge is 0.462 e. The van der Waals surface area contributed by atoms with E-state index in [4.69, 9.17) is 19.1 Å². The van der Waals surface area contributed by atoms with Crippen LogP contribution in [0.4, 0.5) is 0 Å². The molecule has 3 N–H and O–H groups in total. The Bertz CT molecular complexity index is 1460. The van der Waals surface area contributed by atoms with Crippen molar-refractivity contribution in [2.75, 3.05) is 26.4 Å². The van der Waals surface area contributed by atoms with Crippen LogP contribution in [-0.4, -0.2) is 65.7 Å². The fraction of sp³-hybridized carbons (Fsp3) is 0.520. The molecular formula is C50H77O10P. The van der Waals surface area contributed by atoms with Crippen LogP contribution in [0.1, 0.15) is 129 Å². The van der Waals surface area contributed by atoms with Crippen LogP contribution >= 0.6 is 7.82 Å². The lowest BCUT2D eigenvalue weighted by atomic mass is 10.1. The van der Waals surface area contributed by atoms with Gasteiger partial charge in [-0.25, -0.2) is 4.57 Å². The number of ether oxygens (including phenoxy) is 2. The van der Waals surface area contributed by atoms with Crippen molar-refractivity contribution >= 4 is 19.8 Å². The van der Waals surface area contributed by atoms with Gasteiger partial charge in [0.15, 0.2) is 6.10 Å². The quantitative estimate of drug-likeness (QED) is 0.0236. The van der Waals surface area contributed by atoms with Crippen LogP contribution in [0.2, 0.25) is 0 Å². The molecule has 0 bridgehead atoms. The largest absolute Gasteiger partial charge is 0.472 e. The summed E-state index contributed by atoms with van der Waals surface area (Å²) in [6, 6.07) is 0. The third-order valence-electron chi connectivity index (χ3n) is 8.31. The molecule has 0 saturated heterocycles. The first kappa shape index (κ1) is 57.1. The Morgan fingerprint density at radius 1 is 0.492 bits per heavy atom. The van der Waals surface area contributed by atoms with Gasteiger partial charge in [-0.1, -0.05) is 154 Å². The topological polar surface area (TPSA) is 149 Å². The van der Waals surface area contributed by atoms with Crippen molar-refractivity contribution in [3.8, 4) is 0 Å². The minimum absolute atomic E-state index is 0.0421. The zero-order valence-corrected chi connectivity index (χ0v) is 38.0. The molecule has 0 fully saturated rings. The minimum Gasteiger partial charge on any atom is -0.462 e. The molecule has 0 saturated carbocycles. The third-order valence-corrected chi connectivity index (χ3v) is 9.26. The van der Waals surface area contributed by atoms with Gasteiger partial charge in [0.1, 0.15) is 12.7 Å². The highest BCUT2D eigenvalue weighted by atomic mass is 31.2. The molecule has 0 aliphatic heterocycles. The number of hydrogen-bond acceptors (Lipinski definition) is 9. The van der Waals surface area contributed by atoms with Crippen molar-refractivity contribution in [2.24, 2.45) is 0 Å². The van der Waals surface area contributed by atoms with Gasteiger partial charge in [-0.05, 0) is 96.3 Å². The van der Waals surface area contributed by atoms with E-state index in [1.807, 2.05) is 12.2 Å². The van der Waals surface area contributed by atoms with Crippen molar-refractivity contribution in [3.05, 3.63) is 134 Å². The molecule has 61 heavy (non-hydrogen) atoms. The van der Waals surface area contributed by atoms with Gasteiger partial charge in [0, 0.05) is 12.8 Å². The number of unbranched alkanes of at least 4 members (excludes halogenated alkanes) is 3. The van der Waals surface area contributed by atoms with E-state index in [1.165, 1.54) is 0 Å². The molecule has 10 nitrogen and oxygen atoms in total. The summed E-state index contributed by atoms with van der Waals surface area (Å²) in [6.07, 6.45) is 58.6. The lowest BCUT2D eigenvalue weighted by Crippen LogP contribution is -2.29. The van der Waals surface area contributed by atoms with E-state index in [2.05, 4.69) is 140 Å². The summed E-state index contributed by atoms with van der Waals surface area (Å²) in [4.78, 5) is 35.0. The number of hydrogen-bond donors (Lipinski definition) is 3. The van der Waals surface area contributed by atoms with E-state index in [0.29, 0.717) is 12.8 Å². The normalized spacial score (nSPS) is 15.0. The first-order chi connectivity index (χ1) is 29.7. The van der Waals surface area contributed by atoms with Crippen LogP contribution in [0.3, 0.4) is 0 Å². The van der Waals surface area contributed by atoms with Crippen molar-refractivity contribution in [1.29, 1.82) is 0 Å². The number of phosphoric ester groups is 1. The lowest BCUT2D eigenvalue weighted by molar-refractivity contribution is -0.161. The van der Waals surface area contributed by atoms with E-state index < -0.39 is 51.8 Å². The summed E-state index contributed by atoms with van der Waals surface area (Å²) in [5, 5.41) is 18.3. The molecule has 0 rings (SSSR count). The molecule has 0 spiro atoms. The van der Waals surface area contributed by atoms with Crippen molar-refractivity contribution in [3.63, 3.8) is 0 Å². The van der Waals surface area contributed by atoms with Gasteiger partial charge < -0.3 is 24.6 Å². The molecule has 0 heterocycles. The van der Waals surface area contributed by atoms with Gasteiger partial charge in [-0.15, -0.1) is 0 Å². The predicted octanol–water partition coefficient (Wildman–Crippen LogP) is 12.1. The average Bonchev–Trinajstić information content (AvgIpc) is 3.25. The molecule has 0 aromatic rings. The lowest BCUT2D eigenvalue weighted by Gasteiger charge is -2.20. The maximum absolute atomic E-state index is 12.6. The van der Waals surface area contributed by atoms with Crippen LogP contribution in [0.25, 0.3) is 0 Å². The highest BCUT2D eigenvalue weighted by Crippen LogP contribution is 2.43. The van der Waals surface area contributed by atoms with E-state index in [1.54, 1.807) is 0 Å². The first-order valence-electron chi connectivity index (χ1n) is 22.1. The summed E-state index contributed by atoms with van der Waals surface area (Å²) in [5.41, 5.74) is 0. The Labute approximate surface area is 368 Å². The zero-order chi connectivity index (χ0) is 44.8. The molecule has 3 atom stereocenters. The summed E-state index contributed by atoms with van der Waals surface area (Å²) < 4.78 is 32.6. The first-order valence-corrected chi connectivity index (χ1v) is 23.6. The highest BCUT2D eigenvalue weighted by Gasteiger charge is 2.27. The molecule has 0 amide bonds. The fourth-order valence-electron chi connectivity index (χ4n) is 4.98. The van der Waals surface area contributed by atoms with Crippen molar-refractivity contribution < 1.29 is 47.8 Å². The number of aliphatic hydroxyl groups excluding tert-OH is 2. The van der Waals surface area contributed by atoms with E-state index in [9.17, 15) is 24.2 Å². The number of rotatable bonds is 39. The summed E-state index contributed by atoms with van der Waals surface area (Å²) in [6.45, 7) is 1.99. The van der Waals surface area contributed by atoms with Crippen LogP contribution in [-0.2, 0) is 32.7 Å². The SMILES string of the molecule is CCC=CCC=CCC=CCC=CCC=CCC=CCCC(=O)OC(COC(=O)CCCCCC=CCC=CCC=CCC=CCC=CCC)COP(=O)(O)OCC(O)CO. The summed E-state index contributed by atoms with van der Waals surface area (Å²) >= 11 is 0. The predicted molar refractivity (Wildman–Crippen MR) is 251 cm³/mol. The molecule has 0 aromatic heterocycles. The maximum Gasteiger partial charge on any atom is 0.472 e. The average molecular weight is 869 g/mol. The van der Waals surface area contributed by atoms with Gasteiger partial charge >= 0.3 is 19.8 Å². The summed E-state index contributed by atoms with van der Waals surface area (Å²) in [5.74, 6) is -1.08. The molecule has 3 unspecified atom stereocenters. The Hall–Kier alpha value is -3.89. The van der Waals surface area contributed by atoms with E-state index >= 15 is 0 Å². The van der Waals surface area contributed by atoms with Crippen LogP contribution in [0, 0.1) is 0 Å². The second-order valence-electron chi connectivity index (χ2n) is 14.0. The number of allylic oxidation sites excluding steroid dienone is 22. The number of carbonyl (C=O) groups excluding carboxylic acids is 2. The molecule has 11 heteroatoms. The van der Waals surface area contributed by atoms with Crippen LogP contribution < -0.4 is 0 Å². The number of aliphatic hydroxyl groups is 2. The molecule has 0 aromatic carbocycles. The van der Waals surface area contributed by atoms with Crippen LogP contribution in [0.5, 0.6) is 0 Å². The van der Waals surface area contributed by atoms with E-state index in [-0.39, 0.29) is 19.4 Å². The Morgan fingerprint density at radius 2 is 0.885 bits per heavy atom. The minimum atomic E-state index is -4.66. The maximum atomic E-state index is 12.6. The number of esters is 2. The Balaban J connectivity index is 4.51. The van der Waals surface area contributed by atoms with Crippen LogP contribution in [0.15, 0.2) is 134 Å². The third kappa shape index (κ3) is 44.0. The molecular weight excluding hydrogens is 792 g/mol. The van der Waals surface area contributed by atoms with E-state index in [0.717, 1.165) is 89.9 Å². The molecule has 0 aliphatic rings. The highest BCUT2D eigenvalue weighted by molar-refractivity contribution is 7.47. The van der Waals surface area contributed by atoms with Gasteiger partial charge in [0.2, 0.25) is 0 Å². The van der Waals surface area contributed by atoms with Gasteiger partial charge in [0.05, 0.1) is 19.8 Å². The number of phosphoric acid groups is 1. The Morgan fingerprint density at radius 3 is 1.31 bits per heavy atom.